The SMILES string of the molecule is CCC(CNC(=O)c1c(F)cccc1Br)C(=O)O. The van der Waals surface area contributed by atoms with E-state index in [1.165, 1.54) is 12.1 Å². The van der Waals surface area contributed by atoms with Crippen LogP contribution in [0.2, 0.25) is 0 Å². The molecule has 1 rings (SSSR count). The number of halogens is 2. The van der Waals surface area contributed by atoms with Crippen molar-refractivity contribution in [3.05, 3.63) is 34.1 Å². The predicted molar refractivity (Wildman–Crippen MR) is 67.9 cm³/mol. The predicted octanol–water partition coefficient (Wildman–Crippen LogP) is 2.43. The van der Waals surface area contributed by atoms with Crippen molar-refractivity contribution >= 4 is 27.8 Å². The number of benzene rings is 1. The van der Waals surface area contributed by atoms with Crippen LogP contribution in [0.1, 0.15) is 23.7 Å². The second kappa shape index (κ2) is 6.49. The van der Waals surface area contributed by atoms with Crippen LogP contribution in [-0.4, -0.2) is 23.5 Å². The van der Waals surface area contributed by atoms with Crippen LogP contribution in [0.4, 0.5) is 4.39 Å². The maximum absolute atomic E-state index is 13.5. The van der Waals surface area contributed by atoms with Crippen LogP contribution in [0.25, 0.3) is 0 Å². The Balaban J connectivity index is 2.74. The summed E-state index contributed by atoms with van der Waals surface area (Å²) in [5, 5.41) is 11.3. The molecule has 1 atom stereocenters. The second-order valence-corrected chi connectivity index (χ2v) is 4.60. The summed E-state index contributed by atoms with van der Waals surface area (Å²) >= 11 is 3.08. The van der Waals surface area contributed by atoms with Gasteiger partial charge >= 0.3 is 5.97 Å². The first-order chi connectivity index (χ1) is 8.47. The number of hydrogen-bond donors (Lipinski definition) is 2. The normalized spacial score (nSPS) is 11.9. The minimum absolute atomic E-state index is 0.0224. The quantitative estimate of drug-likeness (QED) is 0.876. The number of aliphatic carboxylic acids is 1. The lowest BCUT2D eigenvalue weighted by molar-refractivity contribution is -0.141. The number of rotatable bonds is 5. The Morgan fingerprint density at radius 2 is 2.17 bits per heavy atom. The van der Waals surface area contributed by atoms with Gasteiger partial charge in [0.25, 0.3) is 5.91 Å². The molecule has 0 aliphatic rings. The summed E-state index contributed by atoms with van der Waals surface area (Å²) in [4.78, 5) is 22.5. The fraction of sp³-hybridized carbons (Fsp3) is 0.333. The van der Waals surface area contributed by atoms with Crippen molar-refractivity contribution in [2.75, 3.05) is 6.54 Å². The van der Waals surface area contributed by atoms with E-state index < -0.39 is 23.6 Å². The highest BCUT2D eigenvalue weighted by molar-refractivity contribution is 9.10. The van der Waals surface area contributed by atoms with Gasteiger partial charge in [-0.25, -0.2) is 4.39 Å². The minimum Gasteiger partial charge on any atom is -0.481 e. The molecule has 0 saturated carbocycles. The molecule has 0 spiro atoms. The van der Waals surface area contributed by atoms with Crippen LogP contribution in [0.15, 0.2) is 22.7 Å². The van der Waals surface area contributed by atoms with Crippen molar-refractivity contribution in [1.29, 1.82) is 0 Å². The molecule has 0 aliphatic carbocycles. The van der Waals surface area contributed by atoms with Crippen molar-refractivity contribution in [1.82, 2.24) is 5.32 Å². The second-order valence-electron chi connectivity index (χ2n) is 3.75. The molecule has 0 bridgehead atoms. The van der Waals surface area contributed by atoms with E-state index in [0.717, 1.165) is 0 Å². The maximum atomic E-state index is 13.5. The lowest BCUT2D eigenvalue weighted by atomic mass is 10.1. The monoisotopic (exact) mass is 317 g/mol. The lowest BCUT2D eigenvalue weighted by Crippen LogP contribution is -2.33. The Kier molecular flexibility index (Phi) is 5.27. The van der Waals surface area contributed by atoms with Gasteiger partial charge in [-0.3, -0.25) is 9.59 Å². The fourth-order valence-electron chi connectivity index (χ4n) is 1.43. The molecule has 2 N–H and O–H groups in total. The molecule has 1 aromatic rings. The number of carboxylic acids is 1. The third-order valence-electron chi connectivity index (χ3n) is 2.54. The van der Waals surface area contributed by atoms with E-state index in [2.05, 4.69) is 21.2 Å². The Hall–Kier alpha value is -1.43. The molecule has 0 fully saturated rings. The zero-order valence-electron chi connectivity index (χ0n) is 9.74. The standard InChI is InChI=1S/C12H13BrFNO3/c1-2-7(12(17)18)6-15-11(16)10-8(13)4-3-5-9(10)14/h3-5,7H,2,6H2,1H3,(H,15,16)(H,17,18). The highest BCUT2D eigenvalue weighted by Gasteiger charge is 2.19. The summed E-state index contributed by atoms with van der Waals surface area (Å²) in [6, 6.07) is 4.20. The van der Waals surface area contributed by atoms with Crippen molar-refractivity contribution in [2.24, 2.45) is 5.92 Å². The van der Waals surface area contributed by atoms with Crippen LogP contribution in [-0.2, 0) is 4.79 Å². The summed E-state index contributed by atoms with van der Waals surface area (Å²) in [7, 11) is 0. The summed E-state index contributed by atoms with van der Waals surface area (Å²) in [6.07, 6.45) is 0.397. The molecule has 0 heterocycles. The third-order valence-corrected chi connectivity index (χ3v) is 3.20. The van der Waals surface area contributed by atoms with E-state index in [1.54, 1.807) is 13.0 Å². The molecule has 18 heavy (non-hydrogen) atoms. The Labute approximate surface area is 112 Å². The Morgan fingerprint density at radius 1 is 1.50 bits per heavy atom. The fourth-order valence-corrected chi connectivity index (χ4v) is 1.95. The summed E-state index contributed by atoms with van der Waals surface area (Å²) < 4.78 is 13.8. The summed E-state index contributed by atoms with van der Waals surface area (Å²) in [5.74, 6) is -2.92. The van der Waals surface area contributed by atoms with Crippen molar-refractivity contribution in [3.8, 4) is 0 Å². The molecule has 0 aromatic heterocycles. The first-order valence-electron chi connectivity index (χ1n) is 5.42. The summed E-state index contributed by atoms with van der Waals surface area (Å²) in [5.41, 5.74) is -0.113. The van der Waals surface area contributed by atoms with Gasteiger partial charge in [0.1, 0.15) is 5.82 Å². The first kappa shape index (κ1) is 14.6. The van der Waals surface area contributed by atoms with Crippen molar-refractivity contribution < 1.29 is 19.1 Å². The van der Waals surface area contributed by atoms with Gasteiger partial charge in [0.05, 0.1) is 11.5 Å². The molecule has 1 aromatic carbocycles. The molecular weight excluding hydrogens is 305 g/mol. The Bertz CT molecular complexity index is 444. The van der Waals surface area contributed by atoms with Gasteiger partial charge in [-0.15, -0.1) is 0 Å². The molecule has 1 amide bonds. The third kappa shape index (κ3) is 3.53. The van der Waals surface area contributed by atoms with E-state index in [9.17, 15) is 14.0 Å². The minimum atomic E-state index is -0.981. The molecule has 6 heteroatoms. The Morgan fingerprint density at radius 3 is 2.67 bits per heavy atom. The molecule has 1 unspecified atom stereocenters. The van der Waals surface area contributed by atoms with Crippen LogP contribution < -0.4 is 5.32 Å². The highest BCUT2D eigenvalue weighted by Crippen LogP contribution is 2.19. The highest BCUT2D eigenvalue weighted by atomic mass is 79.9. The first-order valence-corrected chi connectivity index (χ1v) is 6.21. The van der Waals surface area contributed by atoms with Gasteiger partial charge in [0, 0.05) is 11.0 Å². The average Bonchev–Trinajstić information content (AvgIpc) is 2.29. The van der Waals surface area contributed by atoms with Gasteiger partial charge in [-0.1, -0.05) is 13.0 Å². The van der Waals surface area contributed by atoms with E-state index >= 15 is 0 Å². The number of nitrogens with one attached hydrogen (secondary N) is 1. The number of carbonyl (C=O) groups is 2. The van der Waals surface area contributed by atoms with E-state index in [-0.39, 0.29) is 12.1 Å². The van der Waals surface area contributed by atoms with Crippen LogP contribution in [0.3, 0.4) is 0 Å². The molecule has 4 nitrogen and oxygen atoms in total. The number of carbonyl (C=O) groups excluding carboxylic acids is 1. The molecule has 0 saturated heterocycles. The van der Waals surface area contributed by atoms with Crippen molar-refractivity contribution in [2.45, 2.75) is 13.3 Å². The molecule has 98 valence electrons. The zero-order valence-corrected chi connectivity index (χ0v) is 11.3. The molecule has 0 radical (unpaired) electrons. The molecule has 0 aliphatic heterocycles. The number of hydrogen-bond acceptors (Lipinski definition) is 2. The van der Waals surface area contributed by atoms with Crippen LogP contribution in [0, 0.1) is 11.7 Å². The maximum Gasteiger partial charge on any atom is 0.308 e. The molecular formula is C12H13BrFNO3. The van der Waals surface area contributed by atoms with E-state index in [0.29, 0.717) is 10.9 Å². The van der Waals surface area contributed by atoms with Gasteiger partial charge < -0.3 is 10.4 Å². The van der Waals surface area contributed by atoms with Gasteiger partial charge in [0.15, 0.2) is 0 Å². The summed E-state index contributed by atoms with van der Waals surface area (Å²) in [6.45, 7) is 1.69. The van der Waals surface area contributed by atoms with Gasteiger partial charge in [0.2, 0.25) is 0 Å². The van der Waals surface area contributed by atoms with E-state index in [1.807, 2.05) is 0 Å². The zero-order chi connectivity index (χ0) is 13.7. The van der Waals surface area contributed by atoms with Crippen molar-refractivity contribution in [3.63, 3.8) is 0 Å². The topological polar surface area (TPSA) is 66.4 Å². The number of amides is 1. The van der Waals surface area contributed by atoms with Crippen LogP contribution >= 0.6 is 15.9 Å². The van der Waals surface area contributed by atoms with Gasteiger partial charge in [-0.2, -0.15) is 0 Å². The van der Waals surface area contributed by atoms with Crippen LogP contribution in [0.5, 0.6) is 0 Å². The van der Waals surface area contributed by atoms with Gasteiger partial charge in [-0.05, 0) is 34.5 Å². The lowest BCUT2D eigenvalue weighted by Gasteiger charge is -2.12. The average molecular weight is 318 g/mol. The smallest absolute Gasteiger partial charge is 0.308 e. The number of carboxylic acid groups (broad SMARTS) is 1. The largest absolute Gasteiger partial charge is 0.481 e. The van der Waals surface area contributed by atoms with E-state index in [4.69, 9.17) is 5.11 Å².